The van der Waals surface area contributed by atoms with Crippen molar-refractivity contribution in [1.29, 1.82) is 0 Å². The molecule has 0 radical (unpaired) electrons. The van der Waals surface area contributed by atoms with Gasteiger partial charge in [0.2, 0.25) is 27.7 Å². The Morgan fingerprint density at radius 3 is 2.19 bits per heavy atom. The standard InChI is InChI=1S/C20H25ClN8O6S/c1-11(14(33-2)15-22-8-12(21)9-23-15)36(31,32)28-19-27-26-18(20(30)6-5-7-20)29(19)13-16(34-3)24-10-25-17(13)35-4/h8-11,14,30H,5-7H2,1-4H3,(H,27,28). The van der Waals surface area contributed by atoms with Gasteiger partial charge in [0.05, 0.1) is 19.2 Å². The van der Waals surface area contributed by atoms with Crippen LogP contribution in [0, 0.1) is 0 Å². The first-order valence-electron chi connectivity index (χ1n) is 10.8. The van der Waals surface area contributed by atoms with Gasteiger partial charge in [-0.3, -0.25) is 9.29 Å². The highest BCUT2D eigenvalue weighted by atomic mass is 35.5. The van der Waals surface area contributed by atoms with Gasteiger partial charge in [-0.05, 0) is 26.2 Å². The van der Waals surface area contributed by atoms with Crippen LogP contribution in [0.15, 0.2) is 18.7 Å². The average Bonchev–Trinajstić information content (AvgIpc) is 3.25. The van der Waals surface area contributed by atoms with E-state index in [9.17, 15) is 13.5 Å². The maximum atomic E-state index is 13.5. The van der Waals surface area contributed by atoms with E-state index in [4.69, 9.17) is 25.8 Å². The summed E-state index contributed by atoms with van der Waals surface area (Å²) in [6.45, 7) is 1.43. The number of anilines is 1. The number of hydrogen-bond donors (Lipinski definition) is 2. The van der Waals surface area contributed by atoms with E-state index in [1.807, 2.05) is 0 Å². The van der Waals surface area contributed by atoms with Gasteiger partial charge in [0.25, 0.3) is 0 Å². The van der Waals surface area contributed by atoms with E-state index >= 15 is 0 Å². The number of sulfonamides is 1. The number of nitrogens with zero attached hydrogens (tertiary/aromatic N) is 7. The fraction of sp³-hybridized carbons (Fsp3) is 0.500. The number of methoxy groups -OCH3 is 3. The summed E-state index contributed by atoms with van der Waals surface area (Å²) in [4.78, 5) is 16.3. The van der Waals surface area contributed by atoms with Crippen LogP contribution in [0.1, 0.15) is 43.9 Å². The number of nitrogens with one attached hydrogen (secondary N) is 1. The number of aromatic nitrogens is 7. The second-order valence-electron chi connectivity index (χ2n) is 8.08. The molecule has 3 aromatic heterocycles. The number of aliphatic hydroxyl groups is 1. The van der Waals surface area contributed by atoms with Crippen LogP contribution in [0.4, 0.5) is 5.95 Å². The van der Waals surface area contributed by atoms with Gasteiger partial charge < -0.3 is 19.3 Å². The molecule has 0 aromatic carbocycles. The Balaban J connectivity index is 1.79. The molecule has 194 valence electrons. The summed E-state index contributed by atoms with van der Waals surface area (Å²) in [5.41, 5.74) is -1.21. The van der Waals surface area contributed by atoms with Crippen LogP contribution in [0.5, 0.6) is 11.8 Å². The van der Waals surface area contributed by atoms with Crippen molar-refractivity contribution in [1.82, 2.24) is 34.7 Å². The van der Waals surface area contributed by atoms with Gasteiger partial charge in [-0.25, -0.2) is 18.4 Å². The Bertz CT molecular complexity index is 1310. The number of halogens is 1. The lowest BCUT2D eigenvalue weighted by molar-refractivity contribution is -0.0481. The molecule has 0 amide bonds. The zero-order chi connectivity index (χ0) is 26.1. The van der Waals surface area contributed by atoms with Gasteiger partial charge >= 0.3 is 0 Å². The lowest BCUT2D eigenvalue weighted by atomic mass is 9.79. The van der Waals surface area contributed by atoms with E-state index in [2.05, 4.69) is 34.9 Å². The van der Waals surface area contributed by atoms with Crippen LogP contribution in [0.25, 0.3) is 5.69 Å². The summed E-state index contributed by atoms with van der Waals surface area (Å²) < 4.78 is 46.8. The molecule has 4 rings (SSSR count). The molecule has 0 aliphatic heterocycles. The Kier molecular flexibility index (Phi) is 7.26. The molecule has 2 atom stereocenters. The lowest BCUT2D eigenvalue weighted by Crippen LogP contribution is -2.37. The fourth-order valence-corrected chi connectivity index (χ4v) is 5.02. The van der Waals surface area contributed by atoms with E-state index in [-0.39, 0.29) is 35.0 Å². The first-order valence-corrected chi connectivity index (χ1v) is 12.7. The van der Waals surface area contributed by atoms with Gasteiger partial charge in [-0.2, -0.15) is 9.97 Å². The Hall–Kier alpha value is -3.14. The van der Waals surface area contributed by atoms with Crippen LogP contribution in [-0.2, 0) is 20.4 Å². The molecule has 1 saturated carbocycles. The minimum atomic E-state index is -4.19. The molecule has 2 unspecified atom stereocenters. The molecule has 0 spiro atoms. The minimum absolute atomic E-state index is 0.0589. The first-order chi connectivity index (χ1) is 17.1. The molecule has 3 heterocycles. The lowest BCUT2D eigenvalue weighted by Gasteiger charge is -2.35. The third kappa shape index (κ3) is 4.66. The zero-order valence-corrected chi connectivity index (χ0v) is 21.5. The largest absolute Gasteiger partial charge is 0.479 e. The van der Waals surface area contributed by atoms with Crippen molar-refractivity contribution in [2.24, 2.45) is 0 Å². The van der Waals surface area contributed by atoms with Crippen molar-refractivity contribution >= 4 is 27.6 Å². The van der Waals surface area contributed by atoms with Crippen molar-refractivity contribution in [3.05, 3.63) is 35.4 Å². The molecule has 3 aromatic rings. The topological polar surface area (TPSA) is 176 Å². The predicted molar refractivity (Wildman–Crippen MR) is 127 cm³/mol. The Labute approximate surface area is 212 Å². The van der Waals surface area contributed by atoms with Crippen molar-refractivity contribution in [2.45, 2.75) is 43.1 Å². The van der Waals surface area contributed by atoms with Crippen molar-refractivity contribution in [3.63, 3.8) is 0 Å². The average molecular weight is 541 g/mol. The monoisotopic (exact) mass is 540 g/mol. The van der Waals surface area contributed by atoms with Crippen LogP contribution in [0.2, 0.25) is 5.02 Å². The number of hydrogen-bond acceptors (Lipinski definition) is 12. The Morgan fingerprint density at radius 1 is 1.08 bits per heavy atom. The van der Waals surface area contributed by atoms with Gasteiger partial charge in [0.1, 0.15) is 23.3 Å². The quantitative estimate of drug-likeness (QED) is 0.378. The molecular formula is C20H25ClN8O6S. The van der Waals surface area contributed by atoms with E-state index in [1.165, 1.54) is 51.5 Å². The van der Waals surface area contributed by atoms with Crippen molar-refractivity contribution < 1.29 is 27.7 Å². The van der Waals surface area contributed by atoms with Crippen molar-refractivity contribution in [3.8, 4) is 17.4 Å². The Morgan fingerprint density at radius 2 is 1.69 bits per heavy atom. The summed E-state index contributed by atoms with van der Waals surface area (Å²) >= 11 is 5.85. The summed E-state index contributed by atoms with van der Waals surface area (Å²) in [5.74, 6) is 0.114. The maximum Gasteiger partial charge on any atom is 0.245 e. The first kappa shape index (κ1) is 25.9. The van der Waals surface area contributed by atoms with Crippen LogP contribution in [-0.4, -0.2) is 74.8 Å². The predicted octanol–water partition coefficient (Wildman–Crippen LogP) is 1.41. The highest BCUT2D eigenvalue weighted by Crippen LogP contribution is 2.43. The normalized spacial score (nSPS) is 16.6. The summed E-state index contributed by atoms with van der Waals surface area (Å²) in [6.07, 6.45) is 4.47. The third-order valence-corrected chi connectivity index (χ3v) is 7.81. The van der Waals surface area contributed by atoms with Crippen LogP contribution >= 0.6 is 11.6 Å². The zero-order valence-electron chi connectivity index (χ0n) is 19.9. The summed E-state index contributed by atoms with van der Waals surface area (Å²) in [6, 6.07) is 0. The highest BCUT2D eigenvalue weighted by molar-refractivity contribution is 7.93. The van der Waals surface area contributed by atoms with Crippen LogP contribution in [0.3, 0.4) is 0 Å². The minimum Gasteiger partial charge on any atom is -0.479 e. The molecule has 1 fully saturated rings. The molecule has 14 nitrogen and oxygen atoms in total. The van der Waals surface area contributed by atoms with Gasteiger partial charge in [0, 0.05) is 19.5 Å². The van der Waals surface area contributed by atoms with Gasteiger partial charge in [-0.1, -0.05) is 11.6 Å². The van der Waals surface area contributed by atoms with Gasteiger partial charge in [0.15, 0.2) is 17.3 Å². The molecule has 2 N–H and O–H groups in total. The molecule has 1 aliphatic carbocycles. The smallest absolute Gasteiger partial charge is 0.245 e. The van der Waals surface area contributed by atoms with E-state index in [0.29, 0.717) is 17.9 Å². The highest BCUT2D eigenvalue weighted by Gasteiger charge is 2.44. The molecule has 16 heteroatoms. The third-order valence-electron chi connectivity index (χ3n) is 5.92. The van der Waals surface area contributed by atoms with Gasteiger partial charge in [-0.15, -0.1) is 10.2 Å². The molecule has 0 bridgehead atoms. The van der Waals surface area contributed by atoms with Crippen LogP contribution < -0.4 is 14.2 Å². The van der Waals surface area contributed by atoms with E-state index < -0.39 is 27.0 Å². The van der Waals surface area contributed by atoms with E-state index in [0.717, 1.165) is 6.42 Å². The fourth-order valence-electron chi connectivity index (χ4n) is 3.80. The summed E-state index contributed by atoms with van der Waals surface area (Å²) in [7, 11) is -0.0762. The SMILES string of the molecule is COc1ncnc(OC)c1-n1c(NS(=O)(=O)C(C)C(OC)c2ncc(Cl)cn2)nnc1C1(O)CCC1. The molecular weight excluding hydrogens is 516 g/mol. The second kappa shape index (κ2) is 10.1. The number of ether oxygens (including phenoxy) is 3. The van der Waals surface area contributed by atoms with Crippen molar-refractivity contribution in [2.75, 3.05) is 26.1 Å². The molecule has 36 heavy (non-hydrogen) atoms. The number of rotatable bonds is 10. The molecule has 1 aliphatic rings. The molecule has 0 saturated heterocycles. The second-order valence-corrected chi connectivity index (χ2v) is 10.6. The maximum absolute atomic E-state index is 13.5. The van der Waals surface area contributed by atoms with E-state index in [1.54, 1.807) is 0 Å². The summed E-state index contributed by atoms with van der Waals surface area (Å²) in [5, 5.41) is 18.4.